The first-order chi connectivity index (χ1) is 8.63. The van der Waals surface area contributed by atoms with Gasteiger partial charge < -0.3 is 10.1 Å². The summed E-state index contributed by atoms with van der Waals surface area (Å²) in [6.45, 7) is 2.44. The Morgan fingerprint density at radius 3 is 2.94 bits per heavy atom. The highest BCUT2D eigenvalue weighted by Gasteiger charge is 2.27. The summed E-state index contributed by atoms with van der Waals surface area (Å²) in [7, 11) is 3.53. The number of benzene rings is 1. The number of ketones is 1. The smallest absolute Gasteiger partial charge is 0.182 e. The Morgan fingerprint density at radius 1 is 1.56 bits per heavy atom. The van der Waals surface area contributed by atoms with Crippen molar-refractivity contribution in [2.75, 3.05) is 33.8 Å². The average molecular weight is 269 g/mol. The first-order valence-corrected chi connectivity index (χ1v) is 6.30. The van der Waals surface area contributed by atoms with E-state index in [1.54, 1.807) is 25.3 Å². The zero-order valence-electron chi connectivity index (χ0n) is 10.6. The summed E-state index contributed by atoms with van der Waals surface area (Å²) in [5.74, 6) is 0.712. The summed E-state index contributed by atoms with van der Waals surface area (Å²) in [5.41, 5.74) is 0.554. The Morgan fingerprint density at radius 2 is 2.33 bits per heavy atom. The highest BCUT2D eigenvalue weighted by molar-refractivity contribution is 6.34. The van der Waals surface area contributed by atoms with Crippen LogP contribution in [0.2, 0.25) is 5.02 Å². The predicted octanol–water partition coefficient (Wildman–Crippen LogP) is 1.43. The molecule has 1 heterocycles. The van der Waals surface area contributed by atoms with E-state index in [9.17, 15) is 4.79 Å². The van der Waals surface area contributed by atoms with Gasteiger partial charge in [-0.05, 0) is 25.2 Å². The van der Waals surface area contributed by atoms with Crippen LogP contribution >= 0.6 is 11.6 Å². The van der Waals surface area contributed by atoms with Gasteiger partial charge in [0.15, 0.2) is 5.78 Å². The number of rotatable bonds is 3. The number of nitrogens with zero attached hydrogens (tertiary/aromatic N) is 1. The van der Waals surface area contributed by atoms with Gasteiger partial charge in [0.05, 0.1) is 18.2 Å². The molecular formula is C13H17ClN2O2. The Hall–Kier alpha value is -1.10. The van der Waals surface area contributed by atoms with E-state index in [2.05, 4.69) is 10.2 Å². The van der Waals surface area contributed by atoms with Gasteiger partial charge in [-0.2, -0.15) is 0 Å². The lowest BCUT2D eigenvalue weighted by molar-refractivity contribution is 0.0819. The Labute approximate surface area is 112 Å². The van der Waals surface area contributed by atoms with Crippen LogP contribution in [0.1, 0.15) is 10.4 Å². The largest absolute Gasteiger partial charge is 0.497 e. The monoisotopic (exact) mass is 268 g/mol. The first-order valence-electron chi connectivity index (χ1n) is 5.92. The molecule has 1 unspecified atom stereocenters. The molecule has 1 atom stereocenters. The molecule has 0 aromatic heterocycles. The number of ether oxygens (including phenoxy) is 1. The normalized spacial score (nSPS) is 20.7. The molecule has 5 heteroatoms. The van der Waals surface area contributed by atoms with Crippen LogP contribution in [-0.4, -0.2) is 50.5 Å². The lowest BCUT2D eigenvalue weighted by Gasteiger charge is -2.32. The number of nitrogens with one attached hydrogen (secondary N) is 1. The van der Waals surface area contributed by atoms with Crippen LogP contribution in [0.3, 0.4) is 0 Å². The number of piperazine rings is 1. The molecule has 0 bridgehead atoms. The number of hydrogen-bond donors (Lipinski definition) is 1. The fourth-order valence-electron chi connectivity index (χ4n) is 2.10. The zero-order chi connectivity index (χ0) is 13.1. The number of hydrogen-bond acceptors (Lipinski definition) is 4. The molecule has 0 aliphatic carbocycles. The zero-order valence-corrected chi connectivity index (χ0v) is 11.3. The molecule has 4 nitrogen and oxygen atoms in total. The fourth-order valence-corrected chi connectivity index (χ4v) is 2.36. The molecule has 0 saturated carbocycles. The van der Waals surface area contributed by atoms with Crippen molar-refractivity contribution in [3.8, 4) is 5.75 Å². The van der Waals surface area contributed by atoms with E-state index < -0.39 is 0 Å². The molecule has 0 amide bonds. The van der Waals surface area contributed by atoms with Crippen LogP contribution < -0.4 is 10.1 Å². The molecule has 98 valence electrons. The van der Waals surface area contributed by atoms with Crippen molar-refractivity contribution in [3.05, 3.63) is 28.8 Å². The second-order valence-electron chi connectivity index (χ2n) is 4.41. The van der Waals surface area contributed by atoms with Gasteiger partial charge in [0, 0.05) is 25.2 Å². The third kappa shape index (κ3) is 2.66. The second-order valence-corrected chi connectivity index (χ2v) is 4.82. The van der Waals surface area contributed by atoms with Crippen molar-refractivity contribution in [3.63, 3.8) is 0 Å². The number of halogens is 1. The molecular weight excluding hydrogens is 252 g/mol. The van der Waals surface area contributed by atoms with Crippen LogP contribution in [0.15, 0.2) is 18.2 Å². The van der Waals surface area contributed by atoms with Gasteiger partial charge in [-0.1, -0.05) is 11.6 Å². The van der Waals surface area contributed by atoms with E-state index in [1.807, 2.05) is 7.05 Å². The Balaban J connectivity index is 2.22. The van der Waals surface area contributed by atoms with E-state index >= 15 is 0 Å². The van der Waals surface area contributed by atoms with Crippen molar-refractivity contribution in [2.24, 2.45) is 0 Å². The summed E-state index contributed by atoms with van der Waals surface area (Å²) in [4.78, 5) is 14.5. The minimum atomic E-state index is -0.148. The molecule has 1 aromatic rings. The predicted molar refractivity (Wildman–Crippen MR) is 71.6 cm³/mol. The van der Waals surface area contributed by atoms with Gasteiger partial charge in [-0.25, -0.2) is 0 Å². The quantitative estimate of drug-likeness (QED) is 0.843. The van der Waals surface area contributed by atoms with E-state index in [-0.39, 0.29) is 11.8 Å². The van der Waals surface area contributed by atoms with E-state index in [0.717, 1.165) is 13.1 Å². The molecule has 1 aliphatic rings. The van der Waals surface area contributed by atoms with Gasteiger partial charge in [-0.15, -0.1) is 0 Å². The van der Waals surface area contributed by atoms with Crippen LogP contribution in [0.4, 0.5) is 0 Å². The lowest BCUT2D eigenvalue weighted by atomic mass is 10.0. The molecule has 1 N–H and O–H groups in total. The number of carbonyl (C=O) groups excluding carboxylic acids is 1. The minimum absolute atomic E-state index is 0.0531. The van der Waals surface area contributed by atoms with Gasteiger partial charge in [0.25, 0.3) is 0 Å². The van der Waals surface area contributed by atoms with Gasteiger partial charge >= 0.3 is 0 Å². The van der Waals surface area contributed by atoms with Gasteiger partial charge in [0.2, 0.25) is 0 Å². The third-order valence-corrected chi connectivity index (χ3v) is 3.57. The second kappa shape index (κ2) is 5.69. The topological polar surface area (TPSA) is 41.6 Å². The molecule has 0 spiro atoms. The first kappa shape index (κ1) is 13.3. The van der Waals surface area contributed by atoms with Crippen molar-refractivity contribution in [1.82, 2.24) is 10.2 Å². The molecule has 0 radical (unpaired) electrons. The number of likely N-dealkylation sites (N-methyl/N-ethyl adjacent to an activating group) is 1. The van der Waals surface area contributed by atoms with Gasteiger partial charge in [0.1, 0.15) is 5.75 Å². The van der Waals surface area contributed by atoms with E-state index in [4.69, 9.17) is 16.3 Å². The maximum Gasteiger partial charge on any atom is 0.182 e. The summed E-state index contributed by atoms with van der Waals surface area (Å²) < 4.78 is 5.08. The van der Waals surface area contributed by atoms with E-state index in [0.29, 0.717) is 22.9 Å². The summed E-state index contributed by atoms with van der Waals surface area (Å²) in [6, 6.07) is 5.01. The standard InChI is InChI=1S/C13H17ClN2O2/c1-16-6-5-15-8-12(16)13(17)10-4-3-9(18-2)7-11(10)14/h3-4,7,12,15H,5-6,8H2,1-2H3. The van der Waals surface area contributed by atoms with Crippen LogP contribution in [0.5, 0.6) is 5.75 Å². The molecule has 1 aromatic carbocycles. The van der Waals surface area contributed by atoms with Crippen molar-refractivity contribution < 1.29 is 9.53 Å². The number of carbonyl (C=O) groups is 1. The maximum absolute atomic E-state index is 12.4. The third-order valence-electron chi connectivity index (χ3n) is 3.26. The summed E-state index contributed by atoms with van der Waals surface area (Å²) in [5, 5.41) is 3.67. The SMILES string of the molecule is COc1ccc(C(=O)C2CNCCN2C)c(Cl)c1. The van der Waals surface area contributed by atoms with Crippen molar-refractivity contribution in [2.45, 2.75) is 6.04 Å². The number of Topliss-reactive ketones (excluding diaryl/α,β-unsaturated/α-hetero) is 1. The maximum atomic E-state index is 12.4. The van der Waals surface area contributed by atoms with Gasteiger partial charge in [-0.3, -0.25) is 9.69 Å². The Bertz CT molecular complexity index is 451. The summed E-state index contributed by atoms with van der Waals surface area (Å²) >= 11 is 6.13. The lowest BCUT2D eigenvalue weighted by Crippen LogP contribution is -2.53. The molecule has 1 aliphatic heterocycles. The van der Waals surface area contributed by atoms with Crippen LogP contribution in [0.25, 0.3) is 0 Å². The van der Waals surface area contributed by atoms with E-state index in [1.165, 1.54) is 0 Å². The average Bonchev–Trinajstić information content (AvgIpc) is 2.38. The number of methoxy groups -OCH3 is 1. The molecule has 1 fully saturated rings. The Kier molecular flexibility index (Phi) is 4.22. The van der Waals surface area contributed by atoms with Crippen molar-refractivity contribution in [1.29, 1.82) is 0 Å². The molecule has 18 heavy (non-hydrogen) atoms. The van der Waals surface area contributed by atoms with Crippen LogP contribution in [0, 0.1) is 0 Å². The van der Waals surface area contributed by atoms with Crippen molar-refractivity contribution >= 4 is 17.4 Å². The molecule has 2 rings (SSSR count). The molecule has 1 saturated heterocycles. The van der Waals surface area contributed by atoms with Crippen LogP contribution in [-0.2, 0) is 0 Å². The highest BCUT2D eigenvalue weighted by Crippen LogP contribution is 2.24. The fraction of sp³-hybridized carbons (Fsp3) is 0.462. The highest BCUT2D eigenvalue weighted by atomic mass is 35.5. The summed E-state index contributed by atoms with van der Waals surface area (Å²) in [6.07, 6.45) is 0. The minimum Gasteiger partial charge on any atom is -0.497 e.